The average Bonchev–Trinajstić information content (AvgIpc) is 3.26. The van der Waals surface area contributed by atoms with E-state index in [4.69, 9.17) is 16.9 Å². The van der Waals surface area contributed by atoms with Gasteiger partial charge in [-0.25, -0.2) is 9.18 Å². The van der Waals surface area contributed by atoms with E-state index in [1.165, 1.54) is 30.8 Å². The Bertz CT molecular complexity index is 1470. The minimum atomic E-state index is -0.555. The van der Waals surface area contributed by atoms with E-state index in [1.807, 2.05) is 11.0 Å². The molecule has 1 aliphatic rings. The van der Waals surface area contributed by atoms with E-state index in [0.29, 0.717) is 38.4 Å². The predicted octanol–water partition coefficient (Wildman–Crippen LogP) is 1.86. The van der Waals surface area contributed by atoms with Crippen LogP contribution in [0.15, 0.2) is 27.8 Å². The number of amides is 1. The second-order valence-corrected chi connectivity index (χ2v) is 9.44. The molecule has 0 spiro atoms. The van der Waals surface area contributed by atoms with Crippen molar-refractivity contribution in [1.82, 2.24) is 23.6 Å². The first-order valence-corrected chi connectivity index (χ1v) is 12.0. The number of nitriles is 1. The van der Waals surface area contributed by atoms with Gasteiger partial charge in [-0.1, -0.05) is 17.7 Å². The molecule has 1 amide bonds. The Kier molecular flexibility index (Phi) is 7.17. The number of fused-ring (bicyclic) bond motifs is 1. The molecular weight excluding hydrogens is 489 g/mol. The number of aryl methyl sites for hydroxylation is 1. The summed E-state index contributed by atoms with van der Waals surface area (Å²) in [6.07, 6.45) is 1.62. The molecule has 190 valence electrons. The number of carbonyl (C=O) groups is 1. The van der Waals surface area contributed by atoms with Crippen molar-refractivity contribution >= 4 is 34.6 Å². The summed E-state index contributed by atoms with van der Waals surface area (Å²) in [5.74, 6) is -0.569. The first kappa shape index (κ1) is 25.4. The molecule has 0 radical (unpaired) electrons. The summed E-state index contributed by atoms with van der Waals surface area (Å²) in [7, 11) is 4.57. The van der Waals surface area contributed by atoms with Crippen LogP contribution >= 0.6 is 11.6 Å². The van der Waals surface area contributed by atoms with E-state index in [0.717, 1.165) is 4.57 Å². The Morgan fingerprint density at radius 2 is 2.06 bits per heavy atom. The third kappa shape index (κ3) is 4.48. The number of benzene rings is 1. The fourth-order valence-corrected chi connectivity index (χ4v) is 4.89. The standard InChI is InChI=1S/C24H27ClFN7O3/c1-29(11-6-10-27)21(34)15-7-5-12-32(13-15)23-28-20-19(22(35)31(3)24(36)30(20)2)33(23)14-16-17(25)8-4-9-18(16)26/h4,8-9,15H,5-7,11-14H2,1-3H3. The van der Waals surface area contributed by atoms with Crippen molar-refractivity contribution in [1.29, 1.82) is 5.26 Å². The van der Waals surface area contributed by atoms with Gasteiger partial charge in [0.05, 0.1) is 25.0 Å². The lowest BCUT2D eigenvalue weighted by atomic mass is 9.97. The van der Waals surface area contributed by atoms with Crippen LogP contribution < -0.4 is 16.1 Å². The van der Waals surface area contributed by atoms with Crippen LogP contribution in [-0.2, 0) is 25.4 Å². The molecule has 1 fully saturated rings. The van der Waals surface area contributed by atoms with E-state index in [1.54, 1.807) is 22.6 Å². The first-order chi connectivity index (χ1) is 17.1. The largest absolute Gasteiger partial charge is 0.344 e. The average molecular weight is 516 g/mol. The highest BCUT2D eigenvalue weighted by atomic mass is 35.5. The molecule has 1 unspecified atom stereocenters. The maximum absolute atomic E-state index is 14.8. The van der Waals surface area contributed by atoms with Crippen molar-refractivity contribution in [3.05, 3.63) is 55.4 Å². The predicted molar refractivity (Wildman–Crippen MR) is 134 cm³/mol. The maximum Gasteiger partial charge on any atom is 0.332 e. The van der Waals surface area contributed by atoms with Crippen molar-refractivity contribution in [2.45, 2.75) is 25.8 Å². The van der Waals surface area contributed by atoms with Crippen LogP contribution in [-0.4, -0.2) is 56.2 Å². The summed E-state index contributed by atoms with van der Waals surface area (Å²) in [5.41, 5.74) is -0.575. The zero-order valence-corrected chi connectivity index (χ0v) is 21.1. The molecule has 12 heteroatoms. The zero-order valence-electron chi connectivity index (χ0n) is 20.4. The number of nitrogens with zero attached hydrogens (tertiary/aromatic N) is 7. The Morgan fingerprint density at radius 1 is 1.31 bits per heavy atom. The number of aromatic nitrogens is 4. The summed E-state index contributed by atoms with van der Waals surface area (Å²) in [6, 6.07) is 6.41. The lowest BCUT2D eigenvalue weighted by Crippen LogP contribution is -2.44. The van der Waals surface area contributed by atoms with E-state index >= 15 is 0 Å². The highest BCUT2D eigenvalue weighted by Crippen LogP contribution is 2.29. The molecular formula is C24H27ClFN7O3. The SMILES string of the molecule is CN(CCC#N)C(=O)C1CCCN(c2nc3c(c(=O)n(C)c(=O)n3C)n2Cc2c(F)cccc2Cl)C1. The Labute approximate surface area is 211 Å². The number of hydrogen-bond acceptors (Lipinski definition) is 6. The minimum Gasteiger partial charge on any atom is -0.344 e. The molecule has 2 aromatic heterocycles. The number of halogens is 2. The Balaban J connectivity index is 1.83. The van der Waals surface area contributed by atoms with E-state index < -0.39 is 17.1 Å². The lowest BCUT2D eigenvalue weighted by molar-refractivity contribution is -0.134. The van der Waals surface area contributed by atoms with Gasteiger partial charge in [0.1, 0.15) is 5.82 Å². The van der Waals surface area contributed by atoms with Gasteiger partial charge in [0.25, 0.3) is 5.56 Å². The molecule has 3 heterocycles. The van der Waals surface area contributed by atoms with Crippen LogP contribution in [0.4, 0.5) is 10.3 Å². The summed E-state index contributed by atoms with van der Waals surface area (Å²) in [5, 5.41) is 9.05. The first-order valence-electron chi connectivity index (χ1n) is 11.6. The van der Waals surface area contributed by atoms with Gasteiger partial charge in [-0.2, -0.15) is 10.2 Å². The van der Waals surface area contributed by atoms with Crippen molar-refractivity contribution in [3.8, 4) is 6.07 Å². The van der Waals surface area contributed by atoms with Crippen LogP contribution in [0.5, 0.6) is 0 Å². The molecule has 1 atom stereocenters. The van der Waals surface area contributed by atoms with Gasteiger partial charge in [-0.3, -0.25) is 23.3 Å². The quantitative estimate of drug-likeness (QED) is 0.496. The van der Waals surface area contributed by atoms with Gasteiger partial charge >= 0.3 is 5.69 Å². The van der Waals surface area contributed by atoms with Crippen LogP contribution in [0.25, 0.3) is 11.2 Å². The zero-order chi connectivity index (χ0) is 26.1. The summed E-state index contributed by atoms with van der Waals surface area (Å²) < 4.78 is 18.6. The molecule has 3 aromatic rings. The topological polar surface area (TPSA) is 109 Å². The molecule has 0 saturated carbocycles. The maximum atomic E-state index is 14.8. The van der Waals surface area contributed by atoms with Crippen LogP contribution in [0.2, 0.25) is 5.02 Å². The summed E-state index contributed by atoms with van der Waals surface area (Å²) in [6.45, 7) is 1.16. The number of piperidine rings is 1. The molecule has 36 heavy (non-hydrogen) atoms. The molecule has 10 nitrogen and oxygen atoms in total. The van der Waals surface area contributed by atoms with Gasteiger partial charge in [-0.15, -0.1) is 0 Å². The number of carbonyl (C=O) groups excluding carboxylic acids is 1. The third-order valence-electron chi connectivity index (χ3n) is 6.69. The van der Waals surface area contributed by atoms with Gasteiger partial charge < -0.3 is 9.80 Å². The molecule has 4 rings (SSSR count). The normalized spacial score (nSPS) is 15.8. The van der Waals surface area contributed by atoms with Gasteiger partial charge in [-0.05, 0) is 25.0 Å². The minimum absolute atomic E-state index is 0.0712. The second-order valence-electron chi connectivity index (χ2n) is 9.03. The van der Waals surface area contributed by atoms with Gasteiger partial charge in [0, 0.05) is 51.4 Å². The molecule has 1 aromatic carbocycles. The summed E-state index contributed by atoms with van der Waals surface area (Å²) >= 11 is 6.31. The van der Waals surface area contributed by atoms with E-state index in [9.17, 15) is 18.8 Å². The molecule has 0 aliphatic carbocycles. The van der Waals surface area contributed by atoms with E-state index in [2.05, 4.69) is 4.98 Å². The van der Waals surface area contributed by atoms with Crippen LogP contribution in [0, 0.1) is 23.1 Å². The third-order valence-corrected chi connectivity index (χ3v) is 7.05. The van der Waals surface area contributed by atoms with Crippen molar-refractivity contribution in [2.24, 2.45) is 20.0 Å². The fourth-order valence-electron chi connectivity index (χ4n) is 4.67. The molecule has 1 saturated heterocycles. The number of anilines is 1. The van der Waals surface area contributed by atoms with Crippen LogP contribution in [0.3, 0.4) is 0 Å². The number of imidazole rings is 1. The Morgan fingerprint density at radius 3 is 2.75 bits per heavy atom. The second kappa shape index (κ2) is 10.1. The number of hydrogen-bond donors (Lipinski definition) is 0. The van der Waals surface area contributed by atoms with Crippen LogP contribution in [0.1, 0.15) is 24.8 Å². The smallest absolute Gasteiger partial charge is 0.332 e. The van der Waals surface area contributed by atoms with Crippen molar-refractivity contribution < 1.29 is 9.18 Å². The lowest BCUT2D eigenvalue weighted by Gasteiger charge is -2.34. The van der Waals surface area contributed by atoms with Gasteiger partial charge in [0.15, 0.2) is 11.2 Å². The fraction of sp³-hybridized carbons (Fsp3) is 0.458. The molecule has 1 aliphatic heterocycles. The van der Waals surface area contributed by atoms with Crippen molar-refractivity contribution in [2.75, 3.05) is 31.6 Å². The highest BCUT2D eigenvalue weighted by molar-refractivity contribution is 6.31. The monoisotopic (exact) mass is 515 g/mol. The highest BCUT2D eigenvalue weighted by Gasteiger charge is 2.32. The van der Waals surface area contributed by atoms with Crippen molar-refractivity contribution in [3.63, 3.8) is 0 Å². The Hall–Kier alpha value is -3.65. The van der Waals surface area contributed by atoms with E-state index in [-0.39, 0.29) is 46.5 Å². The molecule has 0 bridgehead atoms. The summed E-state index contributed by atoms with van der Waals surface area (Å²) in [4.78, 5) is 46.9. The molecule has 0 N–H and O–H groups in total. The van der Waals surface area contributed by atoms with Gasteiger partial charge in [0.2, 0.25) is 11.9 Å². The number of rotatable bonds is 6.